The fraction of sp³-hybridized carbons (Fsp3) is 0.698. The number of ether oxygens (including phenoxy) is 1. The van der Waals surface area contributed by atoms with Crippen LogP contribution in [0, 0.1) is 56.7 Å². The van der Waals surface area contributed by atoms with E-state index in [1.807, 2.05) is 30.3 Å². The summed E-state index contributed by atoms with van der Waals surface area (Å²) in [5.41, 5.74) is 11.6. The Bertz CT molecular complexity index is 2170. The number of rotatable bonds is 11. The maximum atomic E-state index is 13.0. The molecule has 63 heavy (non-hydrogen) atoms. The van der Waals surface area contributed by atoms with E-state index >= 15 is 0 Å². The number of aliphatic carboxylic acids is 1. The third kappa shape index (κ3) is 7.91. The van der Waals surface area contributed by atoms with Gasteiger partial charge in [0.05, 0.1) is 11.5 Å². The summed E-state index contributed by atoms with van der Waals surface area (Å²) in [6, 6.07) is 9.66. The Morgan fingerprint density at radius 1 is 0.952 bits per heavy atom. The van der Waals surface area contributed by atoms with Crippen molar-refractivity contribution in [2.45, 2.75) is 124 Å². The lowest BCUT2D eigenvalue weighted by Crippen LogP contribution is -2.68. The molecule has 1 unspecified atom stereocenters. The van der Waals surface area contributed by atoms with Gasteiger partial charge in [0.2, 0.25) is 5.90 Å². The number of hydrogen-bond acceptors (Lipinski definition) is 8. The van der Waals surface area contributed by atoms with E-state index < -0.39 is 21.2 Å². The summed E-state index contributed by atoms with van der Waals surface area (Å²) in [5, 5.41) is 14.9. The lowest BCUT2D eigenvalue weighted by molar-refractivity contribution is -0.221. The number of hydrogen-bond donors (Lipinski definition) is 3. The predicted octanol–water partition coefficient (Wildman–Crippen LogP) is 9.48. The van der Waals surface area contributed by atoms with Crippen molar-refractivity contribution in [3.63, 3.8) is 0 Å². The molecule has 4 saturated carbocycles. The van der Waals surface area contributed by atoms with Gasteiger partial charge in [-0.15, -0.1) is 0 Å². The largest absolute Gasteiger partial charge is 0.481 e. The van der Waals surface area contributed by atoms with Crippen LogP contribution in [0.15, 0.2) is 76.9 Å². The van der Waals surface area contributed by atoms with Crippen molar-refractivity contribution in [1.29, 1.82) is 0 Å². The maximum Gasteiger partial charge on any atom is 0.313 e. The summed E-state index contributed by atoms with van der Waals surface area (Å²) in [4.78, 5) is 19.6. The molecular weight excluding hydrogens is 805 g/mol. The Hall–Kier alpha value is -3.21. The van der Waals surface area contributed by atoms with Gasteiger partial charge >= 0.3 is 5.97 Å². The Labute approximate surface area is 379 Å². The Morgan fingerprint density at radius 2 is 1.68 bits per heavy atom. The molecule has 1 aromatic rings. The summed E-state index contributed by atoms with van der Waals surface area (Å²) in [6.45, 7) is 23.1. The van der Waals surface area contributed by atoms with Crippen LogP contribution < -0.4 is 11.1 Å². The van der Waals surface area contributed by atoms with Gasteiger partial charge in [0, 0.05) is 50.5 Å². The number of nitrogens with two attached hydrogens (primary N) is 1. The van der Waals surface area contributed by atoms with Crippen molar-refractivity contribution in [3.8, 4) is 0 Å². The van der Waals surface area contributed by atoms with Crippen LogP contribution in [-0.2, 0) is 19.4 Å². The number of nitrogens with one attached hydrogen (secondary N) is 1. The molecule has 0 spiro atoms. The number of carboxylic acid groups (broad SMARTS) is 1. The first kappa shape index (κ1) is 46.3. The van der Waals surface area contributed by atoms with E-state index in [2.05, 4.69) is 75.5 Å². The van der Waals surface area contributed by atoms with Gasteiger partial charge < -0.3 is 25.8 Å². The zero-order valence-electron chi connectivity index (χ0n) is 39.6. The molecule has 4 N–H and O–H groups in total. The van der Waals surface area contributed by atoms with Crippen molar-refractivity contribution >= 4 is 27.4 Å². The highest BCUT2D eigenvalue weighted by atomic mass is 32.2. The predicted molar refractivity (Wildman–Crippen MR) is 256 cm³/mol. The van der Waals surface area contributed by atoms with Crippen molar-refractivity contribution in [3.05, 3.63) is 77.4 Å². The van der Waals surface area contributed by atoms with E-state index in [0.717, 1.165) is 31.5 Å². The van der Waals surface area contributed by atoms with Crippen LogP contribution in [0.5, 0.6) is 0 Å². The summed E-state index contributed by atoms with van der Waals surface area (Å²) in [7, 11) is -1.24. The van der Waals surface area contributed by atoms with Gasteiger partial charge in [0.1, 0.15) is 12.0 Å². The number of carbonyl (C=O) groups is 1. The quantitative estimate of drug-likeness (QED) is 0.114. The number of sulfone groups is 1. The molecule has 6 aliphatic carbocycles. The molecule has 1 aliphatic heterocycles. The minimum Gasteiger partial charge on any atom is -0.481 e. The highest BCUT2D eigenvalue weighted by molar-refractivity contribution is 7.91. The van der Waals surface area contributed by atoms with Crippen LogP contribution in [-0.4, -0.2) is 87.2 Å². The average Bonchev–Trinajstić information content (AvgIpc) is 3.63. The first-order valence-corrected chi connectivity index (χ1v) is 26.2. The smallest absolute Gasteiger partial charge is 0.313 e. The van der Waals surface area contributed by atoms with Gasteiger partial charge in [-0.25, -0.2) is 8.42 Å². The molecule has 8 rings (SSSR count). The summed E-state index contributed by atoms with van der Waals surface area (Å²) in [6.07, 6.45) is 19.2. The van der Waals surface area contributed by atoms with Gasteiger partial charge in [-0.3, -0.25) is 9.79 Å². The molecule has 0 amide bonds. The van der Waals surface area contributed by atoms with Crippen LogP contribution in [0.25, 0.3) is 5.70 Å². The molecule has 346 valence electrons. The lowest BCUT2D eigenvalue weighted by atomic mass is 9.33. The van der Waals surface area contributed by atoms with E-state index in [-0.39, 0.29) is 45.3 Å². The minimum absolute atomic E-state index is 0.0277. The normalized spacial score (nSPS) is 40.0. The zero-order valence-corrected chi connectivity index (χ0v) is 40.4. The third-order valence-electron chi connectivity index (χ3n) is 19.5. The SMILES string of the molecule is C=C(C)[C@@H]1CC[C@]2(NCCN3CCS(=O)(=O)CC3)CC[C@]3(C)[C@H](CC[C@@H]4[C@@]5(C)CC=C(C6=CCC(COC(C=C(N)c7ccccc7)=NC)(C(=O)O)CC6)C(C)(C)[C@@H]5CC[C@]43C)[C@@H]12. The first-order valence-electron chi connectivity index (χ1n) is 24.3. The van der Waals surface area contributed by atoms with Crippen LogP contribution in [0.1, 0.15) is 124 Å². The zero-order chi connectivity index (χ0) is 45.2. The minimum atomic E-state index is -2.88. The van der Waals surface area contributed by atoms with Crippen molar-refractivity contribution in [2.75, 3.05) is 51.3 Å². The van der Waals surface area contributed by atoms with E-state index in [4.69, 9.17) is 10.5 Å². The molecular formula is C53H78N4O5S. The Kier molecular flexibility index (Phi) is 12.4. The van der Waals surface area contributed by atoms with Crippen LogP contribution in [0.3, 0.4) is 0 Å². The second kappa shape index (κ2) is 16.9. The van der Waals surface area contributed by atoms with Crippen LogP contribution in [0.4, 0.5) is 0 Å². The molecule has 9 nitrogen and oxygen atoms in total. The fourth-order valence-corrected chi connectivity index (χ4v) is 17.1. The Balaban J connectivity index is 0.985. The van der Waals surface area contributed by atoms with Gasteiger partial charge in [-0.1, -0.05) is 89.3 Å². The molecule has 1 aromatic carbocycles. The van der Waals surface area contributed by atoms with Crippen molar-refractivity contribution in [2.24, 2.45) is 67.4 Å². The number of aliphatic imine (C=N–C) groups is 1. The van der Waals surface area contributed by atoms with Crippen LogP contribution >= 0.6 is 0 Å². The molecule has 0 bridgehead atoms. The number of fused-ring (bicyclic) bond motifs is 7. The van der Waals surface area contributed by atoms with Crippen molar-refractivity contribution in [1.82, 2.24) is 10.2 Å². The first-order chi connectivity index (χ1) is 29.7. The second-order valence-corrected chi connectivity index (χ2v) is 24.9. The number of allylic oxidation sites excluding steroid dienone is 5. The topological polar surface area (TPSA) is 134 Å². The standard InChI is InChI=1S/C53H78N4O5S/c1-36(2)39-18-25-53(56-28-29-57-30-32-63(60,61)33-31-57)27-26-50(6)41(46(39)53)14-15-44-49(5)21-19-40(48(3,4)43(49)20-22-51(44,50)7)37-16-23-52(24-17-37,47(58)59)35-62-45(55-8)34-42(54)38-12-10-9-11-13-38/h9-13,16,19,34,39,41,43-44,46,56H,1,14-15,17-18,20-33,35,54H2,2-8H3,(H,58,59)/t39-,41+,43-,44+,46+,49-,50+,51+,52?,53-/m0/s1. The molecule has 10 atom stereocenters. The monoisotopic (exact) mass is 883 g/mol. The molecule has 0 radical (unpaired) electrons. The van der Waals surface area contributed by atoms with Gasteiger partial charge in [0.15, 0.2) is 9.84 Å². The van der Waals surface area contributed by atoms with Gasteiger partial charge in [-0.05, 0) is 152 Å². The molecule has 10 heteroatoms. The molecule has 5 fully saturated rings. The molecule has 7 aliphatic rings. The molecule has 1 heterocycles. The van der Waals surface area contributed by atoms with Crippen LogP contribution in [0.2, 0.25) is 0 Å². The molecule has 0 aromatic heterocycles. The average molecular weight is 883 g/mol. The number of benzene rings is 1. The maximum absolute atomic E-state index is 13.0. The second-order valence-electron chi connectivity index (χ2n) is 22.6. The van der Waals surface area contributed by atoms with E-state index in [1.54, 1.807) is 13.1 Å². The Morgan fingerprint density at radius 3 is 2.33 bits per heavy atom. The highest BCUT2D eigenvalue weighted by Gasteiger charge is 2.70. The number of carboxylic acids is 1. The summed E-state index contributed by atoms with van der Waals surface area (Å²) in [5.74, 6) is 3.05. The van der Waals surface area contributed by atoms with E-state index in [0.29, 0.717) is 67.1 Å². The highest BCUT2D eigenvalue weighted by Crippen LogP contribution is 2.76. The summed E-state index contributed by atoms with van der Waals surface area (Å²) < 4.78 is 30.4. The lowest BCUT2D eigenvalue weighted by Gasteiger charge is -2.72. The number of nitrogens with zero attached hydrogens (tertiary/aromatic N) is 2. The summed E-state index contributed by atoms with van der Waals surface area (Å²) >= 11 is 0. The third-order valence-corrected chi connectivity index (χ3v) is 21.1. The molecule has 1 saturated heterocycles. The van der Waals surface area contributed by atoms with Gasteiger partial charge in [0.25, 0.3) is 0 Å². The van der Waals surface area contributed by atoms with E-state index in [9.17, 15) is 18.3 Å². The fourth-order valence-electron chi connectivity index (χ4n) is 15.8. The van der Waals surface area contributed by atoms with E-state index in [1.165, 1.54) is 68.1 Å². The van der Waals surface area contributed by atoms with Gasteiger partial charge in [-0.2, -0.15) is 0 Å². The van der Waals surface area contributed by atoms with Crippen molar-refractivity contribution < 1.29 is 23.1 Å².